The van der Waals surface area contributed by atoms with E-state index in [0.717, 1.165) is 55.4 Å². The maximum absolute atomic E-state index is 12.4. The van der Waals surface area contributed by atoms with Crippen LogP contribution in [0.4, 0.5) is 0 Å². The van der Waals surface area contributed by atoms with E-state index in [0.29, 0.717) is 12.3 Å². The van der Waals surface area contributed by atoms with Crippen LogP contribution < -0.4 is 0 Å². The summed E-state index contributed by atoms with van der Waals surface area (Å²) in [6.07, 6.45) is 5.07. The first kappa shape index (κ1) is 16.1. The summed E-state index contributed by atoms with van der Waals surface area (Å²) >= 11 is 1.64. The molecule has 1 amide bonds. The molecule has 3 rings (SSSR count). The van der Waals surface area contributed by atoms with Crippen molar-refractivity contribution in [2.75, 3.05) is 13.1 Å². The lowest BCUT2D eigenvalue weighted by Crippen LogP contribution is -2.39. The van der Waals surface area contributed by atoms with E-state index in [4.69, 9.17) is 0 Å². The van der Waals surface area contributed by atoms with Crippen LogP contribution in [-0.4, -0.2) is 43.6 Å². The van der Waals surface area contributed by atoms with Gasteiger partial charge < -0.3 is 9.47 Å². The Labute approximate surface area is 140 Å². The molecule has 2 aromatic heterocycles. The Balaban J connectivity index is 1.55. The normalized spacial score (nSPS) is 16.0. The van der Waals surface area contributed by atoms with E-state index in [1.165, 1.54) is 0 Å². The van der Waals surface area contributed by atoms with Crippen LogP contribution in [0.2, 0.25) is 0 Å². The van der Waals surface area contributed by atoms with Crippen LogP contribution in [0.1, 0.15) is 49.1 Å². The molecule has 0 aromatic carbocycles. The van der Waals surface area contributed by atoms with Crippen molar-refractivity contribution < 1.29 is 4.79 Å². The summed E-state index contributed by atoms with van der Waals surface area (Å²) in [6.45, 7) is 6.68. The fraction of sp³-hybridized carbons (Fsp3) is 0.625. The SMILES string of the molecule is CCc1nc(CC(=O)N2CCC(c3nncn3CC)CC2)cs1. The van der Waals surface area contributed by atoms with Gasteiger partial charge in [-0.3, -0.25) is 4.79 Å². The Hall–Kier alpha value is -1.76. The van der Waals surface area contributed by atoms with Crippen LogP contribution >= 0.6 is 11.3 Å². The molecule has 6 nitrogen and oxygen atoms in total. The highest BCUT2D eigenvalue weighted by Crippen LogP contribution is 2.26. The summed E-state index contributed by atoms with van der Waals surface area (Å²) in [5.74, 6) is 1.66. The van der Waals surface area contributed by atoms with E-state index in [9.17, 15) is 4.79 Å². The third-order valence-corrected chi connectivity index (χ3v) is 5.48. The van der Waals surface area contributed by atoms with Crippen LogP contribution in [0.3, 0.4) is 0 Å². The first-order valence-corrected chi connectivity index (χ1v) is 9.18. The van der Waals surface area contributed by atoms with Gasteiger partial charge >= 0.3 is 0 Å². The number of aryl methyl sites for hydroxylation is 2. The summed E-state index contributed by atoms with van der Waals surface area (Å²) in [7, 11) is 0. The van der Waals surface area contributed by atoms with E-state index < -0.39 is 0 Å². The van der Waals surface area contributed by atoms with Crippen LogP contribution in [0, 0.1) is 0 Å². The van der Waals surface area contributed by atoms with Crippen molar-refractivity contribution >= 4 is 17.2 Å². The lowest BCUT2D eigenvalue weighted by atomic mass is 9.95. The van der Waals surface area contributed by atoms with Gasteiger partial charge in [-0.05, 0) is 26.2 Å². The van der Waals surface area contributed by atoms with Gasteiger partial charge in [0.1, 0.15) is 12.2 Å². The number of nitrogens with zero attached hydrogens (tertiary/aromatic N) is 5. The third kappa shape index (κ3) is 3.60. The Kier molecular flexibility index (Phi) is 5.05. The highest BCUT2D eigenvalue weighted by atomic mass is 32.1. The molecule has 0 saturated carbocycles. The molecule has 0 radical (unpaired) electrons. The minimum atomic E-state index is 0.188. The van der Waals surface area contributed by atoms with Gasteiger partial charge in [-0.15, -0.1) is 21.5 Å². The van der Waals surface area contributed by atoms with Crippen molar-refractivity contribution in [1.82, 2.24) is 24.6 Å². The number of hydrogen-bond donors (Lipinski definition) is 0. The van der Waals surface area contributed by atoms with Crippen molar-refractivity contribution in [3.05, 3.63) is 28.2 Å². The van der Waals surface area contributed by atoms with Crippen molar-refractivity contribution in [3.8, 4) is 0 Å². The average molecular weight is 333 g/mol. The van der Waals surface area contributed by atoms with Gasteiger partial charge in [-0.2, -0.15) is 0 Å². The van der Waals surface area contributed by atoms with Gasteiger partial charge in [0, 0.05) is 30.9 Å². The molecule has 7 heteroatoms. The zero-order valence-corrected chi connectivity index (χ0v) is 14.6. The number of likely N-dealkylation sites (tertiary alicyclic amines) is 1. The van der Waals surface area contributed by atoms with Crippen LogP contribution in [-0.2, 0) is 24.2 Å². The minimum Gasteiger partial charge on any atom is -0.342 e. The summed E-state index contributed by atoms with van der Waals surface area (Å²) in [4.78, 5) is 18.9. The fourth-order valence-electron chi connectivity index (χ4n) is 3.07. The van der Waals surface area contributed by atoms with Gasteiger partial charge in [0.05, 0.1) is 17.1 Å². The molecule has 0 unspecified atom stereocenters. The molecule has 0 aliphatic carbocycles. The highest BCUT2D eigenvalue weighted by molar-refractivity contribution is 7.09. The van der Waals surface area contributed by atoms with Crippen molar-refractivity contribution in [1.29, 1.82) is 0 Å². The Morgan fingerprint density at radius 1 is 1.35 bits per heavy atom. The standard InChI is InChI=1S/C16H23N5OS/c1-3-14-18-13(10-23-14)9-15(22)21-7-5-12(6-8-21)16-19-17-11-20(16)4-2/h10-12H,3-9H2,1-2H3. The van der Waals surface area contributed by atoms with Gasteiger partial charge in [0.25, 0.3) is 0 Å². The maximum Gasteiger partial charge on any atom is 0.228 e. The first-order chi connectivity index (χ1) is 11.2. The van der Waals surface area contributed by atoms with E-state index >= 15 is 0 Å². The molecule has 124 valence electrons. The molecule has 1 saturated heterocycles. The van der Waals surface area contributed by atoms with E-state index in [-0.39, 0.29) is 5.91 Å². The quantitative estimate of drug-likeness (QED) is 0.842. The second-order valence-corrected chi connectivity index (χ2v) is 6.84. The van der Waals surface area contributed by atoms with E-state index in [2.05, 4.69) is 33.6 Å². The predicted molar refractivity (Wildman–Crippen MR) is 89.4 cm³/mol. The van der Waals surface area contributed by atoms with Gasteiger partial charge in [-0.1, -0.05) is 6.92 Å². The molecule has 1 fully saturated rings. The number of hydrogen-bond acceptors (Lipinski definition) is 5. The predicted octanol–water partition coefficient (Wildman–Crippen LogP) is 2.27. The molecule has 3 heterocycles. The topological polar surface area (TPSA) is 63.9 Å². The number of amides is 1. The number of piperidine rings is 1. The smallest absolute Gasteiger partial charge is 0.228 e. The monoisotopic (exact) mass is 333 g/mol. The zero-order valence-electron chi connectivity index (χ0n) is 13.7. The third-order valence-electron chi connectivity index (χ3n) is 4.43. The lowest BCUT2D eigenvalue weighted by molar-refractivity contribution is -0.131. The molecular weight excluding hydrogens is 310 g/mol. The van der Waals surface area contributed by atoms with Gasteiger partial charge in [0.2, 0.25) is 5.91 Å². The molecular formula is C16H23N5OS. The summed E-state index contributed by atoms with van der Waals surface area (Å²) in [5, 5.41) is 11.4. The Morgan fingerprint density at radius 2 is 2.13 bits per heavy atom. The summed E-state index contributed by atoms with van der Waals surface area (Å²) in [6, 6.07) is 0. The number of aromatic nitrogens is 4. The fourth-order valence-corrected chi connectivity index (χ4v) is 3.81. The molecule has 23 heavy (non-hydrogen) atoms. The Morgan fingerprint density at radius 3 is 2.78 bits per heavy atom. The molecule has 0 bridgehead atoms. The van der Waals surface area contributed by atoms with Gasteiger partial charge in [-0.25, -0.2) is 4.98 Å². The highest BCUT2D eigenvalue weighted by Gasteiger charge is 2.26. The number of carbonyl (C=O) groups excluding carboxylic acids is 1. The largest absolute Gasteiger partial charge is 0.342 e. The van der Waals surface area contributed by atoms with Crippen molar-refractivity contribution in [2.45, 2.75) is 52.0 Å². The second-order valence-electron chi connectivity index (χ2n) is 5.89. The second kappa shape index (κ2) is 7.21. The van der Waals surface area contributed by atoms with E-state index in [1.54, 1.807) is 17.7 Å². The number of carbonyl (C=O) groups is 1. The number of rotatable bonds is 5. The van der Waals surface area contributed by atoms with Gasteiger partial charge in [0.15, 0.2) is 0 Å². The molecule has 1 aliphatic rings. The summed E-state index contributed by atoms with van der Waals surface area (Å²) < 4.78 is 2.10. The molecule has 0 spiro atoms. The molecule has 0 N–H and O–H groups in total. The summed E-state index contributed by atoms with van der Waals surface area (Å²) in [5.41, 5.74) is 0.907. The molecule has 1 aliphatic heterocycles. The number of thiazole rings is 1. The molecule has 2 aromatic rings. The lowest BCUT2D eigenvalue weighted by Gasteiger charge is -2.31. The van der Waals surface area contributed by atoms with Crippen molar-refractivity contribution in [2.24, 2.45) is 0 Å². The zero-order chi connectivity index (χ0) is 16.2. The average Bonchev–Trinajstić information content (AvgIpc) is 3.23. The first-order valence-electron chi connectivity index (χ1n) is 8.30. The van der Waals surface area contributed by atoms with E-state index in [1.807, 2.05) is 10.3 Å². The van der Waals surface area contributed by atoms with Crippen LogP contribution in [0.25, 0.3) is 0 Å². The Bertz CT molecular complexity index is 657. The minimum absolute atomic E-state index is 0.188. The maximum atomic E-state index is 12.4. The van der Waals surface area contributed by atoms with Crippen LogP contribution in [0.15, 0.2) is 11.7 Å². The molecule has 0 atom stereocenters. The van der Waals surface area contributed by atoms with Crippen LogP contribution in [0.5, 0.6) is 0 Å². The van der Waals surface area contributed by atoms with Crippen molar-refractivity contribution in [3.63, 3.8) is 0 Å².